The zero-order valence-corrected chi connectivity index (χ0v) is 12.6. The number of likely N-dealkylation sites (N-methyl/N-ethyl adjacent to an activating group) is 1. The summed E-state index contributed by atoms with van der Waals surface area (Å²) in [6.45, 7) is 1.59. The lowest BCUT2D eigenvalue weighted by Gasteiger charge is -2.44. The van der Waals surface area contributed by atoms with Gasteiger partial charge in [-0.3, -0.25) is 9.88 Å². The molecule has 2 N–H and O–H groups in total. The number of rotatable bonds is 4. The molecule has 3 heteroatoms. The number of nitrogens with two attached hydrogens (primary N) is 1. The normalized spacial score (nSPS) is 21.3. The summed E-state index contributed by atoms with van der Waals surface area (Å²) in [5.74, 6) is 0. The molecule has 21 heavy (non-hydrogen) atoms. The van der Waals surface area contributed by atoms with Crippen LogP contribution in [0.4, 0.5) is 0 Å². The quantitative estimate of drug-likeness (QED) is 0.935. The Morgan fingerprint density at radius 2 is 2.00 bits per heavy atom. The molecule has 1 aliphatic rings. The predicted molar refractivity (Wildman–Crippen MR) is 86.0 cm³/mol. The Morgan fingerprint density at radius 1 is 1.19 bits per heavy atom. The Morgan fingerprint density at radius 3 is 2.71 bits per heavy atom. The van der Waals surface area contributed by atoms with Crippen molar-refractivity contribution in [2.75, 3.05) is 13.6 Å². The summed E-state index contributed by atoms with van der Waals surface area (Å²) in [6.07, 6.45) is 7.04. The minimum absolute atomic E-state index is 0.0597. The van der Waals surface area contributed by atoms with Gasteiger partial charge in [0.2, 0.25) is 0 Å². The molecule has 1 atom stereocenters. The Balaban J connectivity index is 1.81. The molecule has 0 saturated carbocycles. The molecule has 1 aromatic heterocycles. The van der Waals surface area contributed by atoms with Gasteiger partial charge in [0.1, 0.15) is 0 Å². The molecule has 1 aliphatic carbocycles. The molecule has 0 amide bonds. The van der Waals surface area contributed by atoms with Crippen LogP contribution in [0.5, 0.6) is 0 Å². The summed E-state index contributed by atoms with van der Waals surface area (Å²) >= 11 is 0. The Hall–Kier alpha value is -1.71. The van der Waals surface area contributed by atoms with Crippen molar-refractivity contribution in [3.8, 4) is 0 Å². The fourth-order valence-corrected chi connectivity index (χ4v) is 3.37. The number of aryl methyl sites for hydroxylation is 1. The van der Waals surface area contributed by atoms with E-state index in [4.69, 9.17) is 5.73 Å². The van der Waals surface area contributed by atoms with Crippen LogP contribution in [0.2, 0.25) is 0 Å². The van der Waals surface area contributed by atoms with Gasteiger partial charge in [0, 0.05) is 31.0 Å². The van der Waals surface area contributed by atoms with Crippen molar-refractivity contribution in [3.05, 3.63) is 65.5 Å². The molecule has 2 aromatic rings. The maximum atomic E-state index is 6.19. The summed E-state index contributed by atoms with van der Waals surface area (Å²) in [5.41, 5.74) is 10.4. The van der Waals surface area contributed by atoms with Gasteiger partial charge in [0.25, 0.3) is 0 Å². The molecular formula is C18H23N3. The highest BCUT2D eigenvalue weighted by Gasteiger charge is 2.36. The molecule has 1 aromatic carbocycles. The second-order valence-corrected chi connectivity index (χ2v) is 6.09. The van der Waals surface area contributed by atoms with Crippen LogP contribution in [0, 0.1) is 0 Å². The lowest BCUT2D eigenvalue weighted by Crippen LogP contribution is -2.55. The molecule has 1 heterocycles. The number of hydrogen-bond donors (Lipinski definition) is 1. The maximum Gasteiger partial charge on any atom is 0.0375 e. The van der Waals surface area contributed by atoms with E-state index in [-0.39, 0.29) is 5.54 Å². The van der Waals surface area contributed by atoms with E-state index >= 15 is 0 Å². The third-order valence-electron chi connectivity index (χ3n) is 4.83. The highest BCUT2D eigenvalue weighted by molar-refractivity contribution is 5.32. The molecule has 0 bridgehead atoms. The Bertz CT molecular complexity index is 596. The number of aromatic nitrogens is 1. The van der Waals surface area contributed by atoms with E-state index in [0.717, 1.165) is 25.8 Å². The topological polar surface area (TPSA) is 42.2 Å². The van der Waals surface area contributed by atoms with Crippen LogP contribution in [0.25, 0.3) is 0 Å². The zero-order chi connectivity index (χ0) is 14.7. The van der Waals surface area contributed by atoms with Crippen LogP contribution < -0.4 is 5.73 Å². The van der Waals surface area contributed by atoms with Crippen LogP contribution >= 0.6 is 0 Å². The molecule has 1 unspecified atom stereocenters. The van der Waals surface area contributed by atoms with Gasteiger partial charge < -0.3 is 5.73 Å². The van der Waals surface area contributed by atoms with Gasteiger partial charge in [0.05, 0.1) is 0 Å². The van der Waals surface area contributed by atoms with Gasteiger partial charge in [-0.05, 0) is 49.1 Å². The van der Waals surface area contributed by atoms with Gasteiger partial charge in [-0.1, -0.05) is 30.3 Å². The van der Waals surface area contributed by atoms with Gasteiger partial charge >= 0.3 is 0 Å². The minimum atomic E-state index is 0.0597. The molecule has 110 valence electrons. The van der Waals surface area contributed by atoms with E-state index < -0.39 is 0 Å². The predicted octanol–water partition coefficient (Wildman–Crippen LogP) is 2.40. The van der Waals surface area contributed by atoms with Crippen molar-refractivity contribution in [2.45, 2.75) is 31.3 Å². The first kappa shape index (κ1) is 14.2. The second-order valence-electron chi connectivity index (χ2n) is 6.09. The molecule has 0 saturated heterocycles. The van der Waals surface area contributed by atoms with Crippen LogP contribution in [0.15, 0.2) is 48.8 Å². The van der Waals surface area contributed by atoms with Crippen molar-refractivity contribution >= 4 is 0 Å². The van der Waals surface area contributed by atoms with E-state index in [0.29, 0.717) is 6.54 Å². The highest BCUT2D eigenvalue weighted by atomic mass is 15.2. The summed E-state index contributed by atoms with van der Waals surface area (Å²) in [7, 11) is 2.19. The second kappa shape index (κ2) is 5.96. The van der Waals surface area contributed by atoms with Crippen LogP contribution in [0.3, 0.4) is 0 Å². The largest absolute Gasteiger partial charge is 0.329 e. The molecule has 0 spiro atoms. The molecule has 0 radical (unpaired) electrons. The van der Waals surface area contributed by atoms with Crippen molar-refractivity contribution in [1.29, 1.82) is 0 Å². The van der Waals surface area contributed by atoms with Crippen molar-refractivity contribution in [3.63, 3.8) is 0 Å². The van der Waals surface area contributed by atoms with E-state index in [1.54, 1.807) is 0 Å². The van der Waals surface area contributed by atoms with Crippen LogP contribution in [-0.4, -0.2) is 29.0 Å². The number of benzene rings is 1. The third kappa shape index (κ3) is 2.85. The highest BCUT2D eigenvalue weighted by Crippen LogP contribution is 2.32. The van der Waals surface area contributed by atoms with E-state index in [1.807, 2.05) is 18.5 Å². The zero-order valence-electron chi connectivity index (χ0n) is 12.6. The number of fused-ring (bicyclic) bond motifs is 1. The first-order valence-electron chi connectivity index (χ1n) is 7.60. The van der Waals surface area contributed by atoms with Crippen molar-refractivity contribution in [2.24, 2.45) is 5.73 Å². The van der Waals surface area contributed by atoms with E-state index in [2.05, 4.69) is 47.3 Å². The Kier molecular flexibility index (Phi) is 4.04. The smallest absolute Gasteiger partial charge is 0.0375 e. The molecule has 3 rings (SSSR count). The summed E-state index contributed by atoms with van der Waals surface area (Å²) in [5, 5.41) is 0. The van der Waals surface area contributed by atoms with E-state index in [9.17, 15) is 0 Å². The average Bonchev–Trinajstić information content (AvgIpc) is 2.55. The van der Waals surface area contributed by atoms with Gasteiger partial charge in [0.15, 0.2) is 0 Å². The van der Waals surface area contributed by atoms with Gasteiger partial charge in [-0.2, -0.15) is 0 Å². The fourth-order valence-electron chi connectivity index (χ4n) is 3.37. The Labute approximate surface area is 126 Å². The number of nitrogens with zero attached hydrogens (tertiary/aromatic N) is 2. The maximum absolute atomic E-state index is 6.19. The molecule has 0 aliphatic heterocycles. The number of hydrogen-bond acceptors (Lipinski definition) is 3. The monoisotopic (exact) mass is 281 g/mol. The summed E-state index contributed by atoms with van der Waals surface area (Å²) in [6, 6.07) is 12.9. The van der Waals surface area contributed by atoms with Gasteiger partial charge in [-0.25, -0.2) is 0 Å². The standard InChI is InChI=1S/C18H23N3/c1-21(13-15-5-4-10-20-12-15)18(14-19)9-8-16-6-2-3-7-17(16)11-18/h2-7,10,12H,8-9,11,13-14,19H2,1H3. The molecule has 3 nitrogen and oxygen atoms in total. The van der Waals surface area contributed by atoms with Crippen molar-refractivity contribution in [1.82, 2.24) is 9.88 Å². The molecule has 0 fully saturated rings. The lowest BCUT2D eigenvalue weighted by atomic mass is 9.77. The van der Waals surface area contributed by atoms with Crippen molar-refractivity contribution < 1.29 is 0 Å². The first-order valence-corrected chi connectivity index (χ1v) is 7.60. The molecular weight excluding hydrogens is 258 g/mol. The fraction of sp³-hybridized carbons (Fsp3) is 0.389. The summed E-state index contributed by atoms with van der Waals surface area (Å²) < 4.78 is 0. The van der Waals surface area contributed by atoms with E-state index in [1.165, 1.54) is 16.7 Å². The van der Waals surface area contributed by atoms with Gasteiger partial charge in [-0.15, -0.1) is 0 Å². The summed E-state index contributed by atoms with van der Waals surface area (Å²) in [4.78, 5) is 6.63. The van der Waals surface area contributed by atoms with Crippen LogP contribution in [-0.2, 0) is 19.4 Å². The minimum Gasteiger partial charge on any atom is -0.329 e. The SMILES string of the molecule is CN(Cc1cccnc1)C1(CN)CCc2ccccc2C1. The third-order valence-corrected chi connectivity index (χ3v) is 4.83. The first-order chi connectivity index (χ1) is 10.2. The number of pyridine rings is 1. The average molecular weight is 281 g/mol. The van der Waals surface area contributed by atoms with Crippen LogP contribution in [0.1, 0.15) is 23.1 Å². The lowest BCUT2D eigenvalue weighted by molar-refractivity contribution is 0.101.